The first-order valence-electron chi connectivity index (χ1n) is 24.9. The van der Waals surface area contributed by atoms with E-state index in [0.29, 0.717) is 11.3 Å². The van der Waals surface area contributed by atoms with Gasteiger partial charge in [-0.3, -0.25) is 0 Å². The number of aliphatic hydroxyl groups excluding tert-OH is 1. The lowest BCUT2D eigenvalue weighted by atomic mass is 9.42. The summed E-state index contributed by atoms with van der Waals surface area (Å²) in [5.74, 6) is 3.99. The Morgan fingerprint density at radius 2 is 1.38 bits per heavy atom. The molecule has 0 heterocycles. The molecule has 56 heavy (non-hydrogen) atoms. The van der Waals surface area contributed by atoms with Crippen LogP contribution in [-0.2, 0) is 0 Å². The Hall–Kier alpha value is -1.86. The quantitative estimate of drug-likeness (QED) is 0.124. The van der Waals surface area contributed by atoms with Gasteiger partial charge in [0, 0.05) is 5.41 Å². The summed E-state index contributed by atoms with van der Waals surface area (Å²) in [6.45, 7) is 9.53. The highest BCUT2D eigenvalue weighted by Gasteiger charge is 2.59. The minimum Gasteiger partial charge on any atom is -0.393 e. The van der Waals surface area contributed by atoms with E-state index in [1.807, 2.05) is 0 Å². The Bertz CT molecular complexity index is 1420. The van der Waals surface area contributed by atoms with E-state index < -0.39 is 0 Å². The van der Waals surface area contributed by atoms with Crippen molar-refractivity contribution in [2.75, 3.05) is 0 Å². The van der Waals surface area contributed by atoms with Crippen LogP contribution >= 0.6 is 0 Å². The predicted octanol–water partition coefficient (Wildman–Crippen LogP) is 16.6. The fourth-order valence-corrected chi connectivity index (χ4v) is 13.5. The zero-order valence-corrected chi connectivity index (χ0v) is 37.1. The zero-order valence-electron chi connectivity index (χ0n) is 37.1. The summed E-state index contributed by atoms with van der Waals surface area (Å²) >= 11 is 0. The Kier molecular flexibility index (Phi) is 17.1. The molecule has 1 aromatic carbocycles. The number of rotatable bonds is 21. The summed E-state index contributed by atoms with van der Waals surface area (Å²) in [4.78, 5) is 0. The van der Waals surface area contributed by atoms with E-state index in [4.69, 9.17) is 0 Å². The minimum absolute atomic E-state index is 0.0860. The molecule has 0 saturated heterocycles. The zero-order chi connectivity index (χ0) is 39.2. The van der Waals surface area contributed by atoms with Crippen LogP contribution in [0.2, 0.25) is 0 Å². The number of benzene rings is 1. The summed E-state index contributed by atoms with van der Waals surface area (Å²) in [5, 5.41) is 10.8. The van der Waals surface area contributed by atoms with E-state index >= 15 is 0 Å². The fraction of sp³-hybridized carbons (Fsp3) is 0.745. The van der Waals surface area contributed by atoms with Crippen LogP contribution < -0.4 is 0 Å². The molecule has 5 aliphatic rings. The maximum atomic E-state index is 10.8. The molecule has 0 radical (unpaired) electrons. The van der Waals surface area contributed by atoms with E-state index in [9.17, 15) is 5.11 Å². The van der Waals surface area contributed by atoms with Crippen LogP contribution in [0.15, 0.2) is 59.7 Å². The number of allylic oxidation sites excluding steroid dienone is 7. The molecular weight excluding hydrogens is 677 g/mol. The van der Waals surface area contributed by atoms with Crippen LogP contribution in [0, 0.1) is 54.3 Å². The van der Waals surface area contributed by atoms with Crippen molar-refractivity contribution in [3.63, 3.8) is 0 Å². The Balaban J connectivity index is 1.17. The Labute approximate surface area is 346 Å². The summed E-state index contributed by atoms with van der Waals surface area (Å²) in [5.41, 5.74) is 8.06. The van der Waals surface area contributed by atoms with E-state index in [0.717, 1.165) is 42.9 Å². The van der Waals surface area contributed by atoms with Gasteiger partial charge in [-0.05, 0) is 141 Å². The predicted molar refractivity (Wildman–Crippen MR) is 244 cm³/mol. The Morgan fingerprint density at radius 1 is 0.750 bits per heavy atom. The van der Waals surface area contributed by atoms with Gasteiger partial charge in [-0.2, -0.15) is 0 Å². The first-order chi connectivity index (χ1) is 27.4. The average Bonchev–Trinajstić information content (AvgIpc) is 3.63. The van der Waals surface area contributed by atoms with Gasteiger partial charge in [-0.1, -0.05) is 190 Å². The maximum Gasteiger partial charge on any atom is 0.0540 e. The number of hydrogen-bond donors (Lipinski definition) is 1. The third kappa shape index (κ3) is 10.7. The second-order valence-corrected chi connectivity index (χ2v) is 20.2. The van der Waals surface area contributed by atoms with E-state index in [1.54, 1.807) is 11.1 Å². The molecular formula is C55H86O. The van der Waals surface area contributed by atoms with Crippen LogP contribution in [0.5, 0.6) is 0 Å². The van der Waals surface area contributed by atoms with Gasteiger partial charge < -0.3 is 5.11 Å². The lowest BCUT2D eigenvalue weighted by molar-refractivity contribution is -0.0788. The molecule has 0 amide bonds. The molecule has 3 saturated carbocycles. The highest BCUT2D eigenvalue weighted by molar-refractivity contribution is 5.58. The first-order valence-corrected chi connectivity index (χ1v) is 24.9. The molecule has 6 rings (SSSR count). The van der Waals surface area contributed by atoms with Crippen molar-refractivity contribution in [2.45, 2.75) is 220 Å². The standard InChI is InChI=1S/C55H86O/c1-5-6-7-8-9-10-11-12-13-14-15-16-17-21-39-54(40-24-31-52-47(32-37-53(52)54)29-23-30-50-43(2)25-22-26-44(50)3)55(48-33-35-49(56)36-34-48)41-38-51(45(4)42-55)46-27-19-18-20-28-46/h22-26,30-31,37,40,45-49,51,56H,5-21,27-29,32-36,38-39,41-42H2,1-4H3. The van der Waals surface area contributed by atoms with Crippen LogP contribution in [0.1, 0.15) is 217 Å². The number of unbranched alkanes of at least 4 members (excludes halogenated alkanes) is 13. The SMILES string of the molecule is CCCCCCCCCCCCCCCCC1(C2(C3CCC(O)CC3)CCC(C3CCCCC3)C(C)C2)C=CC=C2C1=CCC2CC=Cc1c(C)cccc1C. The molecule has 5 aliphatic carbocycles. The smallest absolute Gasteiger partial charge is 0.0540 e. The molecule has 3 fully saturated rings. The lowest BCUT2D eigenvalue weighted by Crippen LogP contribution is -2.53. The Morgan fingerprint density at radius 3 is 2.00 bits per heavy atom. The van der Waals surface area contributed by atoms with Crippen molar-refractivity contribution < 1.29 is 5.11 Å². The van der Waals surface area contributed by atoms with Crippen molar-refractivity contribution in [2.24, 2.45) is 40.4 Å². The van der Waals surface area contributed by atoms with E-state index in [1.165, 1.54) is 184 Å². The van der Waals surface area contributed by atoms with Crippen molar-refractivity contribution in [1.82, 2.24) is 0 Å². The molecule has 0 spiro atoms. The number of aliphatic hydroxyl groups is 1. The molecule has 0 aliphatic heterocycles. The maximum absolute atomic E-state index is 10.8. The van der Waals surface area contributed by atoms with Gasteiger partial charge in [0.15, 0.2) is 0 Å². The molecule has 5 unspecified atom stereocenters. The van der Waals surface area contributed by atoms with Gasteiger partial charge in [-0.25, -0.2) is 0 Å². The van der Waals surface area contributed by atoms with Crippen LogP contribution in [0.25, 0.3) is 6.08 Å². The van der Waals surface area contributed by atoms with E-state index in [-0.39, 0.29) is 11.5 Å². The third-order valence-electron chi connectivity index (χ3n) is 16.6. The molecule has 5 atom stereocenters. The fourth-order valence-electron chi connectivity index (χ4n) is 13.5. The number of fused-ring (bicyclic) bond motifs is 1. The van der Waals surface area contributed by atoms with Gasteiger partial charge >= 0.3 is 0 Å². The van der Waals surface area contributed by atoms with Crippen molar-refractivity contribution >= 4 is 6.08 Å². The molecule has 1 N–H and O–H groups in total. The minimum atomic E-state index is -0.0860. The van der Waals surface area contributed by atoms with E-state index in [2.05, 4.69) is 82.4 Å². The number of hydrogen-bond acceptors (Lipinski definition) is 1. The van der Waals surface area contributed by atoms with Gasteiger partial charge in [-0.15, -0.1) is 0 Å². The summed E-state index contributed by atoms with van der Waals surface area (Å²) < 4.78 is 0. The van der Waals surface area contributed by atoms with Crippen LogP contribution in [0.4, 0.5) is 0 Å². The highest BCUT2D eigenvalue weighted by Crippen LogP contribution is 2.68. The molecule has 1 aromatic rings. The molecule has 312 valence electrons. The second-order valence-electron chi connectivity index (χ2n) is 20.2. The largest absolute Gasteiger partial charge is 0.393 e. The van der Waals surface area contributed by atoms with Crippen molar-refractivity contribution in [3.8, 4) is 0 Å². The van der Waals surface area contributed by atoms with Crippen LogP contribution in [-0.4, -0.2) is 11.2 Å². The first kappa shape index (κ1) is 43.7. The van der Waals surface area contributed by atoms with Crippen LogP contribution in [0.3, 0.4) is 0 Å². The van der Waals surface area contributed by atoms with Gasteiger partial charge in [0.2, 0.25) is 0 Å². The molecule has 1 nitrogen and oxygen atoms in total. The molecule has 0 aromatic heterocycles. The topological polar surface area (TPSA) is 20.2 Å². The molecule has 0 bridgehead atoms. The average molecular weight is 763 g/mol. The lowest BCUT2D eigenvalue weighted by Gasteiger charge is -2.61. The number of aryl methyl sites for hydroxylation is 2. The van der Waals surface area contributed by atoms with Crippen molar-refractivity contribution in [1.29, 1.82) is 0 Å². The van der Waals surface area contributed by atoms with Gasteiger partial charge in [0.25, 0.3) is 0 Å². The van der Waals surface area contributed by atoms with Crippen molar-refractivity contribution in [3.05, 3.63) is 76.4 Å². The summed E-state index contributed by atoms with van der Waals surface area (Å²) in [6.07, 6.45) is 55.2. The molecule has 1 heteroatoms. The summed E-state index contributed by atoms with van der Waals surface area (Å²) in [7, 11) is 0. The van der Waals surface area contributed by atoms with Gasteiger partial charge in [0.05, 0.1) is 6.10 Å². The highest BCUT2D eigenvalue weighted by atomic mass is 16.3. The summed E-state index contributed by atoms with van der Waals surface area (Å²) in [6, 6.07) is 6.71. The normalized spacial score (nSPS) is 31.1. The third-order valence-corrected chi connectivity index (χ3v) is 16.6. The van der Waals surface area contributed by atoms with Gasteiger partial charge in [0.1, 0.15) is 0 Å². The monoisotopic (exact) mass is 763 g/mol. The second kappa shape index (κ2) is 21.9.